The van der Waals surface area contributed by atoms with Gasteiger partial charge in [-0.05, 0) is 43.0 Å². The summed E-state index contributed by atoms with van der Waals surface area (Å²) in [6.07, 6.45) is 3.81. The first-order chi connectivity index (χ1) is 11.6. The van der Waals surface area contributed by atoms with Gasteiger partial charge in [0.15, 0.2) is 0 Å². The molecule has 0 unspecified atom stereocenters. The van der Waals surface area contributed by atoms with Gasteiger partial charge < -0.3 is 9.64 Å². The van der Waals surface area contributed by atoms with E-state index in [0.717, 1.165) is 25.9 Å². The second kappa shape index (κ2) is 7.42. The summed E-state index contributed by atoms with van der Waals surface area (Å²) in [7, 11) is 0. The normalized spacial score (nSPS) is 15.5. The van der Waals surface area contributed by atoms with Crippen LogP contribution in [0.1, 0.15) is 25.5 Å². The minimum Gasteiger partial charge on any atom is -0.487 e. The fourth-order valence-electron chi connectivity index (χ4n) is 2.67. The summed E-state index contributed by atoms with van der Waals surface area (Å²) in [6, 6.07) is 5.79. The van der Waals surface area contributed by atoms with Crippen LogP contribution in [0.3, 0.4) is 0 Å². The van der Waals surface area contributed by atoms with Crippen molar-refractivity contribution in [1.29, 1.82) is 0 Å². The number of rotatable bonds is 5. The van der Waals surface area contributed by atoms with E-state index in [4.69, 9.17) is 4.74 Å². The molecule has 0 aliphatic carbocycles. The van der Waals surface area contributed by atoms with Gasteiger partial charge in [0.25, 0.3) is 0 Å². The Labute approximate surface area is 140 Å². The monoisotopic (exact) mass is 332 g/mol. The summed E-state index contributed by atoms with van der Waals surface area (Å²) in [6.45, 7) is 4.26. The highest BCUT2D eigenvalue weighted by molar-refractivity contribution is 5.75. The van der Waals surface area contributed by atoms with Gasteiger partial charge in [-0.25, -0.2) is 9.07 Å². The molecule has 1 amide bonds. The Morgan fingerprint density at radius 2 is 2.00 bits per heavy atom. The van der Waals surface area contributed by atoms with Gasteiger partial charge in [0.1, 0.15) is 30.4 Å². The van der Waals surface area contributed by atoms with Gasteiger partial charge in [-0.3, -0.25) is 4.79 Å². The van der Waals surface area contributed by atoms with Crippen molar-refractivity contribution in [2.75, 3.05) is 13.1 Å². The van der Waals surface area contributed by atoms with E-state index in [1.165, 1.54) is 16.8 Å². The smallest absolute Gasteiger partial charge is 0.244 e. The fraction of sp³-hybridized carbons (Fsp3) is 0.471. The van der Waals surface area contributed by atoms with Gasteiger partial charge in [0, 0.05) is 13.1 Å². The molecule has 128 valence electrons. The Morgan fingerprint density at radius 3 is 2.71 bits per heavy atom. The molecule has 1 aromatic heterocycles. The lowest BCUT2D eigenvalue weighted by molar-refractivity contribution is -0.133. The molecular weight excluding hydrogens is 311 g/mol. The van der Waals surface area contributed by atoms with Crippen LogP contribution in [-0.2, 0) is 17.9 Å². The highest BCUT2D eigenvalue weighted by Crippen LogP contribution is 2.16. The molecule has 0 atom stereocenters. The molecule has 0 bridgehead atoms. The largest absolute Gasteiger partial charge is 0.487 e. The number of likely N-dealkylation sites (tertiary alicyclic amines) is 1. The predicted molar refractivity (Wildman–Crippen MR) is 85.7 cm³/mol. The zero-order valence-corrected chi connectivity index (χ0v) is 13.7. The third kappa shape index (κ3) is 4.31. The highest BCUT2D eigenvalue weighted by atomic mass is 19.1. The summed E-state index contributed by atoms with van der Waals surface area (Å²) < 4.78 is 19.9. The number of benzene rings is 1. The zero-order valence-electron chi connectivity index (χ0n) is 13.7. The number of nitrogens with zero attached hydrogens (tertiary/aromatic N) is 4. The van der Waals surface area contributed by atoms with Crippen molar-refractivity contribution in [2.24, 2.45) is 5.92 Å². The van der Waals surface area contributed by atoms with Gasteiger partial charge in [-0.1, -0.05) is 12.1 Å². The second-order valence-electron chi connectivity index (χ2n) is 6.21. The number of piperidine rings is 1. The number of hydrogen-bond donors (Lipinski definition) is 0. The molecule has 2 heterocycles. The molecule has 0 radical (unpaired) electrons. The van der Waals surface area contributed by atoms with Crippen LogP contribution in [0.2, 0.25) is 0 Å². The van der Waals surface area contributed by atoms with Gasteiger partial charge in [-0.15, -0.1) is 5.10 Å². The summed E-state index contributed by atoms with van der Waals surface area (Å²) >= 11 is 0. The van der Waals surface area contributed by atoms with E-state index in [0.29, 0.717) is 17.4 Å². The number of aromatic nitrogens is 3. The topological polar surface area (TPSA) is 60.2 Å². The third-order valence-electron chi connectivity index (χ3n) is 4.22. The van der Waals surface area contributed by atoms with Crippen LogP contribution in [0, 0.1) is 11.7 Å². The first-order valence-corrected chi connectivity index (χ1v) is 8.15. The molecule has 6 nitrogen and oxygen atoms in total. The minimum atomic E-state index is -0.307. The van der Waals surface area contributed by atoms with E-state index >= 15 is 0 Å². The average molecular weight is 332 g/mol. The lowest BCUT2D eigenvalue weighted by atomic mass is 9.99. The van der Waals surface area contributed by atoms with Gasteiger partial charge in [0.05, 0.1) is 6.20 Å². The molecule has 2 aromatic rings. The SMILES string of the molecule is CC1CCN(C(=O)Cn2cc(COc3ccc(F)cc3)nn2)CC1. The maximum atomic E-state index is 12.8. The molecule has 7 heteroatoms. The van der Waals surface area contributed by atoms with Crippen LogP contribution in [0.5, 0.6) is 5.75 Å². The molecule has 1 aliphatic rings. The molecule has 1 aromatic carbocycles. The second-order valence-corrected chi connectivity index (χ2v) is 6.21. The molecule has 1 fully saturated rings. The van der Waals surface area contributed by atoms with Crippen molar-refractivity contribution in [3.05, 3.63) is 42.0 Å². The van der Waals surface area contributed by atoms with Crippen molar-refractivity contribution < 1.29 is 13.9 Å². The van der Waals surface area contributed by atoms with Crippen molar-refractivity contribution >= 4 is 5.91 Å². The van der Waals surface area contributed by atoms with Crippen molar-refractivity contribution in [3.8, 4) is 5.75 Å². The number of amides is 1. The summed E-state index contributed by atoms with van der Waals surface area (Å²) in [5.74, 6) is 1.01. The zero-order chi connectivity index (χ0) is 16.9. The van der Waals surface area contributed by atoms with Crippen LogP contribution < -0.4 is 4.74 Å². The third-order valence-corrected chi connectivity index (χ3v) is 4.22. The average Bonchev–Trinajstić information content (AvgIpc) is 3.02. The standard InChI is InChI=1S/C17H21FN4O2/c1-13-6-8-21(9-7-13)17(23)11-22-10-15(19-20-22)12-24-16-4-2-14(18)3-5-16/h2-5,10,13H,6-9,11-12H2,1H3. The number of carbonyl (C=O) groups excluding carboxylic acids is 1. The predicted octanol–water partition coefficient (Wildman–Crippen LogP) is 2.25. The van der Waals surface area contributed by atoms with Crippen LogP contribution in [0.4, 0.5) is 4.39 Å². The van der Waals surface area contributed by atoms with Crippen molar-refractivity contribution in [3.63, 3.8) is 0 Å². The number of carbonyl (C=O) groups is 1. The molecule has 3 rings (SSSR count). The van der Waals surface area contributed by atoms with Gasteiger partial charge in [0.2, 0.25) is 5.91 Å². The highest BCUT2D eigenvalue weighted by Gasteiger charge is 2.20. The molecule has 0 saturated carbocycles. The molecular formula is C17H21FN4O2. The van der Waals surface area contributed by atoms with E-state index in [2.05, 4.69) is 17.2 Å². The van der Waals surface area contributed by atoms with E-state index in [9.17, 15) is 9.18 Å². The van der Waals surface area contributed by atoms with Crippen molar-refractivity contribution in [2.45, 2.75) is 32.9 Å². The Kier molecular flexibility index (Phi) is 5.08. The number of ether oxygens (including phenoxy) is 1. The number of halogens is 1. The summed E-state index contributed by atoms with van der Waals surface area (Å²) in [5, 5.41) is 7.97. The molecule has 1 saturated heterocycles. The molecule has 0 N–H and O–H groups in total. The van der Waals surface area contributed by atoms with Crippen LogP contribution in [-0.4, -0.2) is 38.9 Å². The van der Waals surface area contributed by atoms with E-state index in [1.807, 2.05) is 4.90 Å². The fourth-order valence-corrected chi connectivity index (χ4v) is 2.67. The Bertz CT molecular complexity index is 678. The molecule has 1 aliphatic heterocycles. The minimum absolute atomic E-state index is 0.0674. The van der Waals surface area contributed by atoms with Crippen LogP contribution in [0.25, 0.3) is 0 Å². The Hall–Kier alpha value is -2.44. The van der Waals surface area contributed by atoms with Gasteiger partial charge >= 0.3 is 0 Å². The van der Waals surface area contributed by atoms with E-state index in [-0.39, 0.29) is 24.9 Å². The maximum absolute atomic E-state index is 12.8. The lowest BCUT2D eigenvalue weighted by Crippen LogP contribution is -2.39. The van der Waals surface area contributed by atoms with E-state index < -0.39 is 0 Å². The Morgan fingerprint density at radius 1 is 1.29 bits per heavy atom. The summed E-state index contributed by atoms with van der Waals surface area (Å²) in [4.78, 5) is 14.2. The first kappa shape index (κ1) is 16.4. The van der Waals surface area contributed by atoms with E-state index in [1.54, 1.807) is 18.3 Å². The maximum Gasteiger partial charge on any atom is 0.244 e. The summed E-state index contributed by atoms with van der Waals surface area (Å²) in [5.41, 5.74) is 0.624. The first-order valence-electron chi connectivity index (χ1n) is 8.15. The number of hydrogen-bond acceptors (Lipinski definition) is 4. The van der Waals surface area contributed by atoms with Gasteiger partial charge in [-0.2, -0.15) is 0 Å². The van der Waals surface area contributed by atoms with Crippen LogP contribution >= 0.6 is 0 Å². The molecule has 0 spiro atoms. The Balaban J connectivity index is 1.50. The quantitative estimate of drug-likeness (QED) is 0.843. The van der Waals surface area contributed by atoms with Crippen LogP contribution in [0.15, 0.2) is 30.5 Å². The molecule has 24 heavy (non-hydrogen) atoms. The van der Waals surface area contributed by atoms with Crippen molar-refractivity contribution in [1.82, 2.24) is 19.9 Å². The lowest BCUT2D eigenvalue weighted by Gasteiger charge is -2.30.